The Morgan fingerprint density at radius 2 is 1.35 bits per heavy atom. The van der Waals surface area contributed by atoms with E-state index in [9.17, 15) is 0 Å². The van der Waals surface area contributed by atoms with Gasteiger partial charge in [-0.2, -0.15) is 0 Å². The van der Waals surface area contributed by atoms with E-state index >= 15 is 0 Å². The van der Waals surface area contributed by atoms with Gasteiger partial charge in [0.25, 0.3) is 0 Å². The van der Waals surface area contributed by atoms with Crippen molar-refractivity contribution in [3.05, 3.63) is 0 Å². The number of hydrogen-bond donors (Lipinski definition) is 1. The molecule has 0 aliphatic rings. The number of ether oxygens (including phenoxy) is 4. The summed E-state index contributed by atoms with van der Waals surface area (Å²) in [5.74, 6) is 0. The van der Waals surface area contributed by atoms with Crippen molar-refractivity contribution in [2.24, 2.45) is 0 Å². The van der Waals surface area contributed by atoms with Crippen molar-refractivity contribution in [2.45, 2.75) is 12.8 Å². The third-order valence-corrected chi connectivity index (χ3v) is 2.13. The quantitative estimate of drug-likeness (QED) is 0.459. The van der Waals surface area contributed by atoms with Crippen LogP contribution in [0.3, 0.4) is 0 Å². The van der Waals surface area contributed by atoms with Gasteiger partial charge in [0.1, 0.15) is 0 Å². The highest BCUT2D eigenvalue weighted by atomic mass is 16.5. The molecule has 0 heterocycles. The van der Waals surface area contributed by atoms with E-state index in [4.69, 9.17) is 18.9 Å². The summed E-state index contributed by atoms with van der Waals surface area (Å²) >= 11 is 0. The molecule has 0 fully saturated rings. The van der Waals surface area contributed by atoms with Crippen LogP contribution >= 0.6 is 0 Å². The van der Waals surface area contributed by atoms with Crippen molar-refractivity contribution in [1.29, 1.82) is 0 Å². The molecule has 0 saturated carbocycles. The van der Waals surface area contributed by atoms with Gasteiger partial charge < -0.3 is 24.3 Å². The molecule has 5 heteroatoms. The summed E-state index contributed by atoms with van der Waals surface area (Å²) < 4.78 is 20.6. The molecule has 0 aliphatic carbocycles. The van der Waals surface area contributed by atoms with E-state index in [1.807, 2.05) is 0 Å². The smallest absolute Gasteiger partial charge is 0.0700 e. The summed E-state index contributed by atoms with van der Waals surface area (Å²) in [6.45, 7) is 6.27. The maximum absolute atomic E-state index is 5.44. The molecule has 17 heavy (non-hydrogen) atoms. The van der Waals surface area contributed by atoms with Crippen molar-refractivity contribution < 1.29 is 18.9 Å². The molecule has 0 saturated heterocycles. The monoisotopic (exact) mass is 249 g/mol. The van der Waals surface area contributed by atoms with Crippen molar-refractivity contribution in [2.75, 3.05) is 67.0 Å². The van der Waals surface area contributed by atoms with E-state index in [1.54, 1.807) is 14.2 Å². The predicted octanol–water partition coefficient (Wildman–Crippen LogP) is 0.682. The lowest BCUT2D eigenvalue weighted by Gasteiger charge is -2.06. The molecule has 0 bridgehead atoms. The summed E-state index contributed by atoms with van der Waals surface area (Å²) in [4.78, 5) is 0. The second-order valence-corrected chi connectivity index (χ2v) is 3.67. The topological polar surface area (TPSA) is 49.0 Å². The third-order valence-electron chi connectivity index (χ3n) is 2.13. The fraction of sp³-hybridized carbons (Fsp3) is 1.00. The molecule has 0 aromatic heterocycles. The van der Waals surface area contributed by atoms with E-state index in [2.05, 4.69) is 5.32 Å². The van der Waals surface area contributed by atoms with Gasteiger partial charge in [0.2, 0.25) is 0 Å². The average molecular weight is 249 g/mol. The highest BCUT2D eigenvalue weighted by molar-refractivity contribution is 4.46. The van der Waals surface area contributed by atoms with Gasteiger partial charge in [-0.05, 0) is 19.4 Å². The Labute approximate surface area is 105 Å². The maximum Gasteiger partial charge on any atom is 0.0700 e. The fourth-order valence-corrected chi connectivity index (χ4v) is 1.22. The molecule has 1 N–H and O–H groups in total. The minimum absolute atomic E-state index is 0.659. The molecule has 0 amide bonds. The molecule has 0 aromatic carbocycles. The van der Waals surface area contributed by atoms with Crippen LogP contribution in [-0.2, 0) is 18.9 Å². The van der Waals surface area contributed by atoms with Crippen LogP contribution in [0.2, 0.25) is 0 Å². The van der Waals surface area contributed by atoms with E-state index in [1.165, 1.54) is 0 Å². The van der Waals surface area contributed by atoms with Gasteiger partial charge in [-0.15, -0.1) is 0 Å². The van der Waals surface area contributed by atoms with Crippen molar-refractivity contribution in [1.82, 2.24) is 5.32 Å². The number of methoxy groups -OCH3 is 2. The first kappa shape index (κ1) is 16.8. The molecular weight excluding hydrogens is 222 g/mol. The minimum atomic E-state index is 0.659. The summed E-state index contributed by atoms with van der Waals surface area (Å²) in [5.41, 5.74) is 0. The Morgan fingerprint density at radius 3 is 2.06 bits per heavy atom. The first-order valence-corrected chi connectivity index (χ1v) is 6.26. The Bertz CT molecular complexity index is 122. The summed E-state index contributed by atoms with van der Waals surface area (Å²) in [6, 6.07) is 0. The Balaban J connectivity index is 2.85. The second-order valence-electron chi connectivity index (χ2n) is 3.67. The van der Waals surface area contributed by atoms with Crippen LogP contribution in [0.4, 0.5) is 0 Å². The van der Waals surface area contributed by atoms with Gasteiger partial charge in [-0.1, -0.05) is 0 Å². The lowest BCUT2D eigenvalue weighted by molar-refractivity contribution is 0.0518. The summed E-state index contributed by atoms with van der Waals surface area (Å²) in [6.07, 6.45) is 1.98. The van der Waals surface area contributed by atoms with E-state index in [0.717, 1.165) is 52.4 Å². The predicted molar refractivity (Wildman–Crippen MR) is 67.5 cm³/mol. The molecule has 0 rings (SSSR count). The molecule has 0 radical (unpaired) electrons. The Morgan fingerprint density at radius 1 is 0.647 bits per heavy atom. The summed E-state index contributed by atoms with van der Waals surface area (Å²) in [5, 5.41) is 3.29. The number of hydrogen-bond acceptors (Lipinski definition) is 5. The van der Waals surface area contributed by atoms with Gasteiger partial charge in [-0.3, -0.25) is 0 Å². The van der Waals surface area contributed by atoms with Gasteiger partial charge >= 0.3 is 0 Å². The zero-order valence-electron chi connectivity index (χ0n) is 11.2. The minimum Gasteiger partial charge on any atom is -0.385 e. The van der Waals surface area contributed by atoms with Crippen molar-refractivity contribution in [3.63, 3.8) is 0 Å². The second kappa shape index (κ2) is 15.8. The fourth-order valence-electron chi connectivity index (χ4n) is 1.22. The normalized spacial score (nSPS) is 10.9. The largest absolute Gasteiger partial charge is 0.385 e. The molecular formula is C12H27NO4. The van der Waals surface area contributed by atoms with Gasteiger partial charge in [-0.25, -0.2) is 0 Å². The molecule has 0 atom stereocenters. The first-order chi connectivity index (χ1) is 8.41. The standard InChI is InChI=1S/C12H27NO4/c1-14-7-3-5-13-6-10-16-8-4-9-17-12-11-15-2/h13H,3-12H2,1-2H3. The zero-order chi connectivity index (χ0) is 12.6. The highest BCUT2D eigenvalue weighted by Gasteiger charge is 1.91. The number of rotatable bonds is 14. The van der Waals surface area contributed by atoms with Gasteiger partial charge in [0, 0.05) is 40.6 Å². The van der Waals surface area contributed by atoms with Gasteiger partial charge in [0.05, 0.1) is 19.8 Å². The van der Waals surface area contributed by atoms with Crippen LogP contribution in [0, 0.1) is 0 Å². The van der Waals surface area contributed by atoms with Crippen molar-refractivity contribution in [3.8, 4) is 0 Å². The van der Waals surface area contributed by atoms with Crippen LogP contribution < -0.4 is 5.32 Å². The van der Waals surface area contributed by atoms with Crippen LogP contribution in [0.25, 0.3) is 0 Å². The van der Waals surface area contributed by atoms with E-state index in [-0.39, 0.29) is 0 Å². The molecule has 0 aromatic rings. The molecule has 0 aliphatic heterocycles. The Kier molecular flexibility index (Phi) is 15.6. The average Bonchev–Trinajstić information content (AvgIpc) is 2.35. The van der Waals surface area contributed by atoms with Crippen LogP contribution in [0.1, 0.15) is 12.8 Å². The lowest BCUT2D eigenvalue weighted by Crippen LogP contribution is -2.22. The highest BCUT2D eigenvalue weighted by Crippen LogP contribution is 1.85. The number of nitrogens with one attached hydrogen (secondary N) is 1. The molecule has 104 valence electrons. The van der Waals surface area contributed by atoms with E-state index in [0.29, 0.717) is 13.2 Å². The van der Waals surface area contributed by atoms with Crippen LogP contribution in [0.5, 0.6) is 0 Å². The van der Waals surface area contributed by atoms with Crippen LogP contribution in [0.15, 0.2) is 0 Å². The zero-order valence-corrected chi connectivity index (χ0v) is 11.2. The van der Waals surface area contributed by atoms with Crippen LogP contribution in [-0.4, -0.2) is 67.0 Å². The third kappa shape index (κ3) is 15.8. The molecule has 5 nitrogen and oxygen atoms in total. The first-order valence-electron chi connectivity index (χ1n) is 6.26. The van der Waals surface area contributed by atoms with Crippen molar-refractivity contribution >= 4 is 0 Å². The summed E-state index contributed by atoms with van der Waals surface area (Å²) in [7, 11) is 3.39. The van der Waals surface area contributed by atoms with E-state index < -0.39 is 0 Å². The maximum atomic E-state index is 5.44. The SMILES string of the molecule is COCCCNCCOCCCOCCOC. The molecule has 0 spiro atoms. The van der Waals surface area contributed by atoms with Gasteiger partial charge in [0.15, 0.2) is 0 Å². The molecule has 0 unspecified atom stereocenters. The lowest BCUT2D eigenvalue weighted by atomic mass is 10.4. The Hall–Kier alpha value is -0.200.